The number of ether oxygens (including phenoxy) is 1. The van der Waals surface area contributed by atoms with E-state index in [2.05, 4.69) is 16.0 Å². The number of hydrogen-bond donors (Lipinski definition) is 4. The average molecular weight is 596 g/mol. The largest absolute Gasteiger partial charge is 0.493 e. The zero-order valence-electron chi connectivity index (χ0n) is 23.2. The predicted octanol–water partition coefficient (Wildman–Crippen LogP) is 5.92. The zero-order chi connectivity index (χ0) is 30.6. The molecule has 0 radical (unpaired) electrons. The van der Waals surface area contributed by atoms with Gasteiger partial charge in [0, 0.05) is 27.4 Å². The van der Waals surface area contributed by atoms with Gasteiger partial charge in [0.1, 0.15) is 11.4 Å². The summed E-state index contributed by atoms with van der Waals surface area (Å²) in [7, 11) is 0. The zero-order valence-corrected chi connectivity index (χ0v) is 24.0. The summed E-state index contributed by atoms with van der Waals surface area (Å²) in [5.41, 5.74) is 2.03. The van der Waals surface area contributed by atoms with Crippen molar-refractivity contribution in [3.05, 3.63) is 126 Å². The Hall–Kier alpha value is -5.35. The molecule has 0 fully saturated rings. The SMILES string of the molecule is CCOc1ccccc1/C=C(\NC(=O)c1ccccc1)C(=O)Nc1ccc(SCC(=O)Nc2cccc(C(=O)O)c2)cc1. The number of carboxylic acids is 1. The van der Waals surface area contributed by atoms with Crippen LogP contribution in [0.3, 0.4) is 0 Å². The van der Waals surface area contributed by atoms with Crippen LogP contribution in [-0.2, 0) is 9.59 Å². The van der Waals surface area contributed by atoms with Gasteiger partial charge >= 0.3 is 5.97 Å². The lowest BCUT2D eigenvalue weighted by Crippen LogP contribution is -2.30. The van der Waals surface area contributed by atoms with E-state index >= 15 is 0 Å². The van der Waals surface area contributed by atoms with Gasteiger partial charge in [0.25, 0.3) is 11.8 Å². The van der Waals surface area contributed by atoms with Gasteiger partial charge in [0.2, 0.25) is 5.91 Å². The molecule has 9 nitrogen and oxygen atoms in total. The Morgan fingerprint density at radius 2 is 1.49 bits per heavy atom. The molecule has 10 heteroatoms. The van der Waals surface area contributed by atoms with Crippen molar-refractivity contribution in [2.24, 2.45) is 0 Å². The van der Waals surface area contributed by atoms with E-state index < -0.39 is 17.8 Å². The molecule has 0 spiro atoms. The summed E-state index contributed by atoms with van der Waals surface area (Å²) in [6.45, 7) is 2.30. The number of nitrogens with one attached hydrogen (secondary N) is 3. The molecule has 0 saturated heterocycles. The Kier molecular flexibility index (Phi) is 10.7. The minimum Gasteiger partial charge on any atom is -0.493 e. The predicted molar refractivity (Wildman–Crippen MR) is 167 cm³/mol. The lowest BCUT2D eigenvalue weighted by Gasteiger charge is -2.13. The van der Waals surface area contributed by atoms with Crippen molar-refractivity contribution in [3.8, 4) is 5.75 Å². The van der Waals surface area contributed by atoms with E-state index in [1.54, 1.807) is 84.9 Å². The molecule has 0 unspecified atom stereocenters. The Labute approximate surface area is 253 Å². The number of anilines is 2. The van der Waals surface area contributed by atoms with Crippen LogP contribution in [0.25, 0.3) is 6.08 Å². The van der Waals surface area contributed by atoms with Crippen LogP contribution in [0.15, 0.2) is 114 Å². The van der Waals surface area contributed by atoms with Gasteiger partial charge in [-0.3, -0.25) is 14.4 Å². The molecule has 3 amide bonds. The highest BCUT2D eigenvalue weighted by molar-refractivity contribution is 8.00. The highest BCUT2D eigenvalue weighted by Crippen LogP contribution is 2.23. The number of benzene rings is 4. The molecule has 0 saturated carbocycles. The molecule has 218 valence electrons. The van der Waals surface area contributed by atoms with Crippen LogP contribution in [0, 0.1) is 0 Å². The van der Waals surface area contributed by atoms with Crippen molar-refractivity contribution in [3.63, 3.8) is 0 Å². The summed E-state index contributed by atoms with van der Waals surface area (Å²) in [5.74, 6) is -1.66. The molecule has 0 atom stereocenters. The molecule has 0 aromatic heterocycles. The first-order valence-electron chi connectivity index (χ1n) is 13.3. The molecule has 0 aliphatic heterocycles. The number of carbonyl (C=O) groups is 4. The average Bonchev–Trinajstić information content (AvgIpc) is 3.02. The maximum atomic E-state index is 13.4. The number of aromatic carboxylic acids is 1. The molecule has 4 aromatic carbocycles. The molecule has 0 aliphatic carbocycles. The maximum absolute atomic E-state index is 13.4. The molecular weight excluding hydrogens is 566 g/mol. The fourth-order valence-electron chi connectivity index (χ4n) is 3.89. The number of hydrogen-bond acceptors (Lipinski definition) is 6. The minimum absolute atomic E-state index is 0.0306. The van der Waals surface area contributed by atoms with E-state index in [1.165, 1.54) is 23.9 Å². The summed E-state index contributed by atoms with van der Waals surface area (Å²) in [4.78, 5) is 50.6. The number of amides is 3. The van der Waals surface area contributed by atoms with Crippen LogP contribution in [0.5, 0.6) is 5.75 Å². The quantitative estimate of drug-likeness (QED) is 0.118. The van der Waals surface area contributed by atoms with Crippen LogP contribution in [0.1, 0.15) is 33.2 Å². The van der Waals surface area contributed by atoms with Crippen LogP contribution in [0.4, 0.5) is 11.4 Å². The molecular formula is C33H29N3O6S. The summed E-state index contributed by atoms with van der Waals surface area (Å²) in [5, 5.41) is 17.3. The first kappa shape index (κ1) is 30.6. The second kappa shape index (κ2) is 15.0. The smallest absolute Gasteiger partial charge is 0.335 e. The Morgan fingerprint density at radius 1 is 0.791 bits per heavy atom. The van der Waals surface area contributed by atoms with Crippen LogP contribution >= 0.6 is 11.8 Å². The van der Waals surface area contributed by atoms with Gasteiger partial charge in [-0.05, 0) is 73.7 Å². The van der Waals surface area contributed by atoms with E-state index in [9.17, 15) is 19.2 Å². The Morgan fingerprint density at radius 3 is 2.21 bits per heavy atom. The molecule has 4 rings (SSSR count). The lowest BCUT2D eigenvalue weighted by molar-refractivity contribution is -0.114. The first-order valence-corrected chi connectivity index (χ1v) is 14.3. The van der Waals surface area contributed by atoms with Crippen molar-refractivity contribution < 1.29 is 29.0 Å². The van der Waals surface area contributed by atoms with Gasteiger partial charge in [-0.25, -0.2) is 4.79 Å². The van der Waals surface area contributed by atoms with Crippen LogP contribution < -0.4 is 20.7 Å². The van der Waals surface area contributed by atoms with Gasteiger partial charge < -0.3 is 25.8 Å². The van der Waals surface area contributed by atoms with Crippen molar-refractivity contribution in [2.75, 3.05) is 23.0 Å². The number of rotatable bonds is 12. The monoisotopic (exact) mass is 595 g/mol. The van der Waals surface area contributed by atoms with E-state index in [1.807, 2.05) is 19.1 Å². The molecule has 0 bridgehead atoms. The lowest BCUT2D eigenvalue weighted by atomic mass is 10.1. The fourth-order valence-corrected chi connectivity index (χ4v) is 4.59. The number of thioether (sulfide) groups is 1. The van der Waals surface area contributed by atoms with E-state index in [0.29, 0.717) is 34.9 Å². The topological polar surface area (TPSA) is 134 Å². The highest BCUT2D eigenvalue weighted by Gasteiger charge is 2.16. The molecule has 0 aliphatic rings. The Balaban J connectivity index is 1.43. The highest BCUT2D eigenvalue weighted by atomic mass is 32.2. The van der Waals surface area contributed by atoms with Crippen LogP contribution in [-0.4, -0.2) is 41.2 Å². The van der Waals surface area contributed by atoms with Crippen LogP contribution in [0.2, 0.25) is 0 Å². The van der Waals surface area contributed by atoms with Gasteiger partial charge in [0.05, 0.1) is 17.9 Å². The fraction of sp³-hybridized carbons (Fsp3) is 0.0909. The molecule has 4 N–H and O–H groups in total. The standard InChI is InChI=1S/C33H29N3O6S/c1-2-42-29-14-7-6-11-23(29)20-28(36-31(38)22-9-4-3-5-10-22)32(39)35-25-15-17-27(18-16-25)43-21-30(37)34-26-13-8-12-24(19-26)33(40)41/h3-20H,2,21H2,1H3,(H,34,37)(H,35,39)(H,36,38)(H,40,41)/b28-20-. The van der Waals surface area contributed by atoms with Gasteiger partial charge in [-0.1, -0.05) is 42.5 Å². The molecule has 0 heterocycles. The first-order chi connectivity index (χ1) is 20.8. The summed E-state index contributed by atoms with van der Waals surface area (Å²) < 4.78 is 5.68. The Bertz CT molecular complexity index is 1640. The van der Waals surface area contributed by atoms with E-state index in [0.717, 1.165) is 4.90 Å². The van der Waals surface area contributed by atoms with E-state index in [4.69, 9.17) is 9.84 Å². The number of para-hydroxylation sites is 1. The third-order valence-electron chi connectivity index (χ3n) is 5.92. The second-order valence-electron chi connectivity index (χ2n) is 9.05. The maximum Gasteiger partial charge on any atom is 0.335 e. The second-order valence-corrected chi connectivity index (χ2v) is 10.1. The molecule has 4 aromatic rings. The third-order valence-corrected chi connectivity index (χ3v) is 6.93. The van der Waals surface area contributed by atoms with Crippen molar-refractivity contribution >= 4 is 52.9 Å². The number of carboxylic acid groups (broad SMARTS) is 1. The van der Waals surface area contributed by atoms with Crippen molar-refractivity contribution in [2.45, 2.75) is 11.8 Å². The normalized spacial score (nSPS) is 10.9. The summed E-state index contributed by atoms with van der Waals surface area (Å²) in [6.07, 6.45) is 1.57. The van der Waals surface area contributed by atoms with Crippen molar-refractivity contribution in [1.29, 1.82) is 0 Å². The third kappa shape index (κ3) is 9.07. The van der Waals surface area contributed by atoms with Gasteiger partial charge in [-0.15, -0.1) is 11.8 Å². The van der Waals surface area contributed by atoms with Gasteiger partial charge in [-0.2, -0.15) is 0 Å². The minimum atomic E-state index is -1.07. The summed E-state index contributed by atoms with van der Waals surface area (Å²) >= 11 is 1.28. The van der Waals surface area contributed by atoms with Crippen molar-refractivity contribution in [1.82, 2.24) is 5.32 Å². The van der Waals surface area contributed by atoms with Gasteiger partial charge in [0.15, 0.2) is 0 Å². The van der Waals surface area contributed by atoms with E-state index in [-0.39, 0.29) is 22.9 Å². The number of carbonyl (C=O) groups excluding carboxylic acids is 3. The summed E-state index contributed by atoms with van der Waals surface area (Å²) in [6, 6.07) is 28.7. The molecule has 43 heavy (non-hydrogen) atoms.